The Morgan fingerprint density at radius 3 is 2.50 bits per heavy atom. The molecular weight excluding hydrogens is 258 g/mol. The number of nitrogens with zero attached hydrogens (tertiary/aromatic N) is 4. The quantitative estimate of drug-likeness (QED) is 0.494. The molecule has 0 radical (unpaired) electrons. The lowest BCUT2D eigenvalue weighted by Crippen LogP contribution is -2.16. The highest BCUT2D eigenvalue weighted by Crippen LogP contribution is 2.12. The third kappa shape index (κ3) is 2.55. The van der Waals surface area contributed by atoms with Gasteiger partial charge in [-0.15, -0.1) is 0 Å². The smallest absolute Gasteiger partial charge is 0.266 e. The number of nitrogens with one attached hydrogen (secondary N) is 2. The average Bonchev–Trinajstić information content (AvgIpc) is 2.74. The van der Waals surface area contributed by atoms with Crippen LogP contribution in [0.15, 0.2) is 29.6 Å². The molecule has 0 aromatic carbocycles. The van der Waals surface area contributed by atoms with E-state index in [1.807, 2.05) is 0 Å². The Balaban J connectivity index is 2.24. The second kappa shape index (κ2) is 4.58. The lowest BCUT2D eigenvalue weighted by Gasteiger charge is -2.05. The summed E-state index contributed by atoms with van der Waals surface area (Å²) < 4.78 is 27.6. The summed E-state index contributed by atoms with van der Waals surface area (Å²) in [6.45, 7) is 0. The van der Waals surface area contributed by atoms with Crippen molar-refractivity contribution < 1.29 is 8.42 Å². The number of hydrogen-bond donors (Lipinski definition) is 3. The molecule has 2 aromatic rings. The van der Waals surface area contributed by atoms with Crippen LogP contribution in [0, 0.1) is 0 Å². The number of nitrogens with two attached hydrogens (primary N) is 1. The lowest BCUT2D eigenvalue weighted by atomic mass is 10.7. The summed E-state index contributed by atoms with van der Waals surface area (Å²) in [5.74, 6) is 5.43. The topological polar surface area (TPSA) is 128 Å². The monoisotopic (exact) mass is 269 g/mol. The molecule has 18 heavy (non-hydrogen) atoms. The van der Waals surface area contributed by atoms with E-state index in [9.17, 15) is 8.42 Å². The number of rotatable bonds is 4. The average molecular weight is 269 g/mol. The van der Waals surface area contributed by atoms with E-state index in [1.54, 1.807) is 13.2 Å². The number of nitrogen functional groups attached to an aromatic ring is 1. The molecule has 4 N–H and O–H groups in total. The summed E-state index contributed by atoms with van der Waals surface area (Å²) in [4.78, 5) is 7.36. The number of aromatic nitrogens is 4. The predicted molar refractivity (Wildman–Crippen MR) is 63.9 cm³/mol. The Labute approximate surface area is 103 Å². The van der Waals surface area contributed by atoms with Crippen molar-refractivity contribution in [2.45, 2.75) is 4.90 Å². The highest BCUT2D eigenvalue weighted by Gasteiger charge is 2.16. The van der Waals surface area contributed by atoms with Gasteiger partial charge in [0.05, 0.1) is 12.4 Å². The first-order chi connectivity index (χ1) is 8.51. The SMILES string of the molecule is Cn1ccc(NS(=O)(=O)c2cnc(NN)nc2)n1. The Bertz CT molecular complexity index is 634. The fourth-order valence-corrected chi connectivity index (χ4v) is 2.08. The summed E-state index contributed by atoms with van der Waals surface area (Å²) >= 11 is 0. The van der Waals surface area contributed by atoms with E-state index >= 15 is 0 Å². The summed E-state index contributed by atoms with van der Waals surface area (Å²) in [6.07, 6.45) is 3.91. The van der Waals surface area contributed by atoms with E-state index in [4.69, 9.17) is 5.84 Å². The van der Waals surface area contributed by atoms with Crippen molar-refractivity contribution in [2.75, 3.05) is 10.1 Å². The van der Waals surface area contributed by atoms with Crippen LogP contribution >= 0.6 is 0 Å². The number of anilines is 2. The molecule has 0 bridgehead atoms. The van der Waals surface area contributed by atoms with Crippen molar-refractivity contribution >= 4 is 21.8 Å². The van der Waals surface area contributed by atoms with Crippen LogP contribution in [0.25, 0.3) is 0 Å². The standard InChI is InChI=1S/C8H11N7O2S/c1-15-3-2-7(13-15)14-18(16,17)6-4-10-8(12-9)11-5-6/h2-5H,9H2,1H3,(H,13,14)(H,10,11,12). The Morgan fingerprint density at radius 2 is 2.00 bits per heavy atom. The second-order valence-corrected chi connectivity index (χ2v) is 5.05. The molecule has 0 atom stereocenters. The number of sulfonamides is 1. The van der Waals surface area contributed by atoms with Crippen LogP contribution in [0.1, 0.15) is 0 Å². The molecule has 0 saturated heterocycles. The van der Waals surface area contributed by atoms with Crippen molar-refractivity contribution in [1.82, 2.24) is 19.7 Å². The predicted octanol–water partition coefficient (Wildman–Crippen LogP) is -0.704. The molecule has 9 nitrogen and oxygen atoms in total. The molecule has 10 heteroatoms. The molecule has 0 unspecified atom stereocenters. The Morgan fingerprint density at radius 1 is 1.33 bits per heavy atom. The van der Waals surface area contributed by atoms with Gasteiger partial charge < -0.3 is 0 Å². The van der Waals surface area contributed by atoms with E-state index < -0.39 is 10.0 Å². The number of hydrogen-bond acceptors (Lipinski definition) is 7. The third-order valence-electron chi connectivity index (χ3n) is 2.02. The maximum Gasteiger partial charge on any atom is 0.266 e. The zero-order chi connectivity index (χ0) is 13.2. The highest BCUT2D eigenvalue weighted by atomic mass is 32.2. The zero-order valence-electron chi connectivity index (χ0n) is 9.40. The minimum Gasteiger partial charge on any atom is -0.292 e. The van der Waals surface area contributed by atoms with E-state index in [0.29, 0.717) is 0 Å². The molecule has 0 aliphatic carbocycles. The molecule has 0 fully saturated rings. The number of aryl methyl sites for hydroxylation is 1. The van der Waals surface area contributed by atoms with Gasteiger partial charge >= 0.3 is 0 Å². The molecule has 0 spiro atoms. The van der Waals surface area contributed by atoms with Crippen LogP contribution in [0.3, 0.4) is 0 Å². The molecule has 96 valence electrons. The maximum atomic E-state index is 11.9. The molecule has 2 rings (SSSR count). The van der Waals surface area contributed by atoms with Gasteiger partial charge in [0.25, 0.3) is 10.0 Å². The largest absolute Gasteiger partial charge is 0.292 e. The minimum absolute atomic E-state index is 0.0767. The van der Waals surface area contributed by atoms with Gasteiger partial charge in [0.15, 0.2) is 5.82 Å². The van der Waals surface area contributed by atoms with Crippen LogP contribution in [0.2, 0.25) is 0 Å². The summed E-state index contributed by atoms with van der Waals surface area (Å²) in [6, 6.07) is 1.54. The summed E-state index contributed by atoms with van der Waals surface area (Å²) in [5, 5.41) is 3.91. The lowest BCUT2D eigenvalue weighted by molar-refractivity contribution is 0.600. The first-order valence-corrected chi connectivity index (χ1v) is 6.31. The first kappa shape index (κ1) is 12.3. The van der Waals surface area contributed by atoms with Crippen LogP contribution in [-0.2, 0) is 17.1 Å². The van der Waals surface area contributed by atoms with Crippen molar-refractivity contribution in [1.29, 1.82) is 0 Å². The molecule has 0 amide bonds. The summed E-state index contributed by atoms with van der Waals surface area (Å²) in [7, 11) is -2.06. The van der Waals surface area contributed by atoms with Crippen molar-refractivity contribution in [3.8, 4) is 0 Å². The molecule has 0 aliphatic heterocycles. The Kier molecular flexibility index (Phi) is 3.12. The minimum atomic E-state index is -3.74. The van der Waals surface area contributed by atoms with Crippen LogP contribution in [-0.4, -0.2) is 28.2 Å². The fraction of sp³-hybridized carbons (Fsp3) is 0.125. The zero-order valence-corrected chi connectivity index (χ0v) is 10.2. The van der Waals surface area contributed by atoms with Crippen molar-refractivity contribution in [3.05, 3.63) is 24.7 Å². The fourth-order valence-electron chi connectivity index (χ4n) is 1.20. The molecular formula is C8H11N7O2S. The van der Waals surface area contributed by atoms with Crippen molar-refractivity contribution in [3.63, 3.8) is 0 Å². The van der Waals surface area contributed by atoms with Gasteiger partial charge in [0.2, 0.25) is 5.95 Å². The van der Waals surface area contributed by atoms with E-state index in [-0.39, 0.29) is 16.7 Å². The number of hydrazine groups is 1. The van der Waals surface area contributed by atoms with Crippen LogP contribution < -0.4 is 16.0 Å². The molecule has 0 aliphatic rings. The summed E-state index contributed by atoms with van der Waals surface area (Å²) in [5.41, 5.74) is 2.21. The second-order valence-electron chi connectivity index (χ2n) is 3.37. The normalized spacial score (nSPS) is 11.2. The van der Waals surface area contributed by atoms with Gasteiger partial charge in [-0.3, -0.25) is 14.8 Å². The van der Waals surface area contributed by atoms with Gasteiger partial charge in [-0.05, 0) is 0 Å². The highest BCUT2D eigenvalue weighted by molar-refractivity contribution is 7.92. The van der Waals surface area contributed by atoms with E-state index in [0.717, 1.165) is 12.4 Å². The third-order valence-corrected chi connectivity index (χ3v) is 3.33. The molecule has 2 aromatic heterocycles. The van der Waals surface area contributed by atoms with Gasteiger partial charge in [-0.2, -0.15) is 5.10 Å². The van der Waals surface area contributed by atoms with Crippen LogP contribution in [0.5, 0.6) is 0 Å². The van der Waals surface area contributed by atoms with E-state index in [1.165, 1.54) is 10.7 Å². The van der Waals surface area contributed by atoms with Gasteiger partial charge in [0, 0.05) is 19.3 Å². The molecule has 2 heterocycles. The Hall–Kier alpha value is -2.20. The van der Waals surface area contributed by atoms with Gasteiger partial charge in [-0.25, -0.2) is 24.2 Å². The van der Waals surface area contributed by atoms with E-state index in [2.05, 4.69) is 25.2 Å². The van der Waals surface area contributed by atoms with Gasteiger partial charge in [-0.1, -0.05) is 0 Å². The van der Waals surface area contributed by atoms with Crippen molar-refractivity contribution in [2.24, 2.45) is 12.9 Å². The van der Waals surface area contributed by atoms with Crippen LogP contribution in [0.4, 0.5) is 11.8 Å². The maximum absolute atomic E-state index is 11.9. The first-order valence-electron chi connectivity index (χ1n) is 4.82. The molecule has 0 saturated carbocycles. The van der Waals surface area contributed by atoms with Gasteiger partial charge in [0.1, 0.15) is 4.90 Å².